The molecule has 0 spiro atoms. The molecular formula is C32H16ClFN8O6. The fourth-order valence-corrected chi connectivity index (χ4v) is 4.19. The van der Waals surface area contributed by atoms with Gasteiger partial charge in [0.15, 0.2) is 11.6 Å². The lowest BCUT2D eigenvalue weighted by molar-refractivity contribution is 0.0676. The standard InChI is InChI=1S/C32H16ClFN8O6/c33-22-9-12-26(48-30-28(32(45)46)38-42-40-30)36-24(22)10-7-17-3-1-5-19(13-17)20-6-2-4-18(14-20)8-11-25-23(34)15-21(16-35-25)47-29-27(31(43)44)37-41-39-29/h1-6,9,12-16H,(H,43,44)(H,45,46)(H,37,39,41)(H,38,40,42). The van der Waals surface area contributed by atoms with Crippen LogP contribution >= 0.6 is 11.6 Å². The Morgan fingerprint density at radius 2 is 1.33 bits per heavy atom. The summed E-state index contributed by atoms with van der Waals surface area (Å²) in [5.41, 5.74) is 2.07. The van der Waals surface area contributed by atoms with E-state index in [0.29, 0.717) is 11.1 Å². The normalized spacial score (nSPS) is 10.3. The number of ether oxygens (including phenoxy) is 2. The molecule has 0 radical (unpaired) electrons. The van der Waals surface area contributed by atoms with Gasteiger partial charge in [-0.15, -0.1) is 10.2 Å². The molecule has 4 aromatic heterocycles. The van der Waals surface area contributed by atoms with Crippen LogP contribution in [0.25, 0.3) is 11.1 Å². The largest absolute Gasteiger partial charge is 0.476 e. The van der Waals surface area contributed by atoms with E-state index in [9.17, 15) is 19.1 Å². The van der Waals surface area contributed by atoms with Gasteiger partial charge in [-0.05, 0) is 53.3 Å². The Kier molecular flexibility index (Phi) is 8.69. The lowest BCUT2D eigenvalue weighted by Crippen LogP contribution is -2.00. The van der Waals surface area contributed by atoms with Crippen LogP contribution in [-0.2, 0) is 0 Å². The van der Waals surface area contributed by atoms with Crippen LogP contribution in [-0.4, -0.2) is 62.9 Å². The maximum atomic E-state index is 14.7. The number of nitrogens with zero attached hydrogens (tertiary/aromatic N) is 6. The maximum Gasteiger partial charge on any atom is 0.362 e. The van der Waals surface area contributed by atoms with Crippen molar-refractivity contribution in [2.75, 3.05) is 0 Å². The molecule has 234 valence electrons. The third-order valence-corrected chi connectivity index (χ3v) is 6.52. The molecule has 0 unspecified atom stereocenters. The first-order chi connectivity index (χ1) is 23.2. The first-order valence-electron chi connectivity index (χ1n) is 13.4. The second-order valence-corrected chi connectivity index (χ2v) is 9.84. The van der Waals surface area contributed by atoms with E-state index in [0.717, 1.165) is 17.2 Å². The number of aromatic nitrogens is 8. The summed E-state index contributed by atoms with van der Waals surface area (Å²) in [5, 5.41) is 36.8. The Morgan fingerprint density at radius 1 is 0.750 bits per heavy atom. The average molecular weight is 663 g/mol. The monoisotopic (exact) mass is 662 g/mol. The number of benzene rings is 2. The minimum atomic E-state index is -1.36. The minimum Gasteiger partial charge on any atom is -0.476 e. The smallest absolute Gasteiger partial charge is 0.362 e. The molecule has 4 N–H and O–H groups in total. The molecule has 0 saturated carbocycles. The minimum absolute atomic E-state index is 0.0318. The molecular weight excluding hydrogens is 647 g/mol. The second kappa shape index (κ2) is 13.5. The third-order valence-electron chi connectivity index (χ3n) is 6.21. The number of rotatable bonds is 7. The van der Waals surface area contributed by atoms with Gasteiger partial charge in [0.2, 0.25) is 17.3 Å². The number of carbonyl (C=O) groups is 2. The summed E-state index contributed by atoms with van der Waals surface area (Å²) in [6.45, 7) is 0. The van der Waals surface area contributed by atoms with Gasteiger partial charge in [-0.25, -0.2) is 34.1 Å². The number of nitrogens with one attached hydrogen (secondary N) is 2. The Balaban J connectivity index is 1.18. The van der Waals surface area contributed by atoms with Crippen molar-refractivity contribution in [2.24, 2.45) is 0 Å². The molecule has 0 saturated heterocycles. The van der Waals surface area contributed by atoms with Crippen molar-refractivity contribution in [3.63, 3.8) is 0 Å². The SMILES string of the molecule is O=C(O)c1nn[nH]c1Oc1cnc(C#Cc2cccc(-c3cccc(C#Cc4nc(Oc5[nH]nnc5C(=O)O)ccc4Cl)c3)c2)c(F)c1. The summed E-state index contributed by atoms with van der Waals surface area (Å²) in [5.74, 6) is 7.55. The van der Waals surface area contributed by atoms with E-state index in [4.69, 9.17) is 26.2 Å². The number of carboxylic acids is 2. The molecule has 0 amide bonds. The predicted molar refractivity (Wildman–Crippen MR) is 164 cm³/mol. The first-order valence-corrected chi connectivity index (χ1v) is 13.8. The van der Waals surface area contributed by atoms with Crippen molar-refractivity contribution in [1.29, 1.82) is 0 Å². The van der Waals surface area contributed by atoms with Crippen molar-refractivity contribution in [3.05, 3.63) is 118 Å². The summed E-state index contributed by atoms with van der Waals surface area (Å²) < 4.78 is 25.5. The molecule has 16 heteroatoms. The van der Waals surface area contributed by atoms with Gasteiger partial charge in [0, 0.05) is 23.3 Å². The maximum absolute atomic E-state index is 14.7. The molecule has 2 aromatic carbocycles. The second-order valence-electron chi connectivity index (χ2n) is 9.44. The predicted octanol–water partition coefficient (Wildman–Crippen LogP) is 4.95. The van der Waals surface area contributed by atoms with E-state index in [2.05, 4.69) is 64.5 Å². The number of aromatic carboxylic acids is 2. The van der Waals surface area contributed by atoms with E-state index < -0.39 is 29.1 Å². The van der Waals surface area contributed by atoms with Crippen LogP contribution in [0.2, 0.25) is 5.02 Å². The van der Waals surface area contributed by atoms with Crippen molar-refractivity contribution in [1.82, 2.24) is 40.8 Å². The van der Waals surface area contributed by atoms with E-state index in [1.54, 1.807) is 18.2 Å². The highest BCUT2D eigenvalue weighted by atomic mass is 35.5. The van der Waals surface area contributed by atoms with E-state index in [1.165, 1.54) is 18.3 Å². The summed E-state index contributed by atoms with van der Waals surface area (Å²) in [6, 6.07) is 18.6. The number of halogens is 2. The van der Waals surface area contributed by atoms with Gasteiger partial charge in [-0.1, -0.05) is 58.1 Å². The van der Waals surface area contributed by atoms with Gasteiger partial charge in [-0.2, -0.15) is 0 Å². The van der Waals surface area contributed by atoms with Crippen molar-refractivity contribution in [2.45, 2.75) is 0 Å². The Hall–Kier alpha value is -7.10. The molecule has 0 aliphatic rings. The zero-order valence-electron chi connectivity index (χ0n) is 23.9. The zero-order chi connectivity index (χ0) is 33.6. The molecule has 0 bridgehead atoms. The average Bonchev–Trinajstić information content (AvgIpc) is 3.75. The lowest BCUT2D eigenvalue weighted by atomic mass is 10.0. The summed E-state index contributed by atoms with van der Waals surface area (Å²) >= 11 is 6.29. The Bertz CT molecular complexity index is 2340. The number of hydrogen-bond donors (Lipinski definition) is 4. The molecule has 0 fully saturated rings. The van der Waals surface area contributed by atoms with Crippen LogP contribution in [0.15, 0.2) is 72.9 Å². The van der Waals surface area contributed by atoms with Crippen molar-refractivity contribution < 1.29 is 33.7 Å². The molecule has 14 nitrogen and oxygen atoms in total. The molecule has 6 aromatic rings. The van der Waals surface area contributed by atoms with E-state index in [-0.39, 0.29) is 39.8 Å². The summed E-state index contributed by atoms with van der Waals surface area (Å²) in [4.78, 5) is 30.7. The quantitative estimate of drug-likeness (QED) is 0.168. The molecule has 0 aliphatic heterocycles. The topological polar surface area (TPSA) is 202 Å². The number of hydrogen-bond acceptors (Lipinski definition) is 10. The fraction of sp³-hybridized carbons (Fsp3) is 0. The highest BCUT2D eigenvalue weighted by molar-refractivity contribution is 6.31. The van der Waals surface area contributed by atoms with Crippen LogP contribution < -0.4 is 9.47 Å². The summed E-state index contributed by atoms with van der Waals surface area (Å²) in [7, 11) is 0. The van der Waals surface area contributed by atoms with Gasteiger partial charge < -0.3 is 19.7 Å². The Morgan fingerprint density at radius 3 is 1.92 bits per heavy atom. The van der Waals surface area contributed by atoms with Gasteiger partial charge >= 0.3 is 11.9 Å². The molecule has 0 aliphatic carbocycles. The van der Waals surface area contributed by atoms with E-state index in [1.807, 2.05) is 30.3 Å². The van der Waals surface area contributed by atoms with Crippen molar-refractivity contribution >= 4 is 23.5 Å². The van der Waals surface area contributed by atoms with E-state index >= 15 is 0 Å². The molecule has 4 heterocycles. The third kappa shape index (κ3) is 7.07. The van der Waals surface area contributed by atoms with Gasteiger partial charge in [0.1, 0.15) is 11.4 Å². The van der Waals surface area contributed by atoms with Crippen LogP contribution in [0, 0.1) is 29.5 Å². The highest BCUT2D eigenvalue weighted by Crippen LogP contribution is 2.25. The molecule has 0 atom stereocenters. The molecule has 48 heavy (non-hydrogen) atoms. The fourth-order valence-electron chi connectivity index (χ4n) is 4.03. The van der Waals surface area contributed by atoms with Crippen LogP contribution in [0.1, 0.15) is 43.5 Å². The van der Waals surface area contributed by atoms with Crippen LogP contribution in [0.3, 0.4) is 0 Å². The first kappa shape index (κ1) is 30.9. The lowest BCUT2D eigenvalue weighted by Gasteiger charge is -2.04. The van der Waals surface area contributed by atoms with Gasteiger partial charge in [0.25, 0.3) is 11.8 Å². The van der Waals surface area contributed by atoms with Gasteiger partial charge in [0.05, 0.1) is 11.2 Å². The number of pyridine rings is 2. The number of carboxylic acid groups (broad SMARTS) is 2. The highest BCUT2D eigenvalue weighted by Gasteiger charge is 2.19. The summed E-state index contributed by atoms with van der Waals surface area (Å²) in [6.07, 6.45) is 1.19. The molecule has 6 rings (SSSR count). The number of aromatic amines is 2. The van der Waals surface area contributed by atoms with Crippen molar-refractivity contribution in [3.8, 4) is 58.2 Å². The zero-order valence-corrected chi connectivity index (χ0v) is 24.7. The van der Waals surface area contributed by atoms with Gasteiger partial charge in [-0.3, -0.25) is 0 Å². The number of H-pyrrole nitrogens is 2. The Labute approximate surface area is 273 Å². The van der Waals surface area contributed by atoms with Crippen LogP contribution in [0.5, 0.6) is 23.4 Å². The van der Waals surface area contributed by atoms with Crippen LogP contribution in [0.4, 0.5) is 4.39 Å².